The smallest absolute Gasteiger partial charge is 0.251 e. The first kappa shape index (κ1) is 33.0. The van der Waals surface area contributed by atoms with Crippen molar-refractivity contribution < 1.29 is 19.5 Å². The topological polar surface area (TPSA) is 81.2 Å². The van der Waals surface area contributed by atoms with E-state index in [-0.39, 0.29) is 36.8 Å². The van der Waals surface area contributed by atoms with Crippen molar-refractivity contribution in [3.63, 3.8) is 0 Å². The number of aliphatic hydroxyl groups excluding tert-OH is 1. The van der Waals surface area contributed by atoms with Crippen molar-refractivity contribution in [3.8, 4) is 0 Å². The summed E-state index contributed by atoms with van der Waals surface area (Å²) < 4.78 is -1.33. The SMILES string of the molecule is C=CCN(C(=O)[C@@H]1[C@H]2C(=O)N([C@@H](CO)[C@@H](C)CC)C(C(=O)N(CC=C)c3cc(C)ccc3C)C23CC[C@@]1(C)S3)c1ccccc1. The van der Waals surface area contributed by atoms with E-state index in [1.165, 1.54) is 0 Å². The minimum absolute atomic E-state index is 0.0495. The van der Waals surface area contributed by atoms with Gasteiger partial charge in [0.1, 0.15) is 6.04 Å². The van der Waals surface area contributed by atoms with Crippen LogP contribution in [0.2, 0.25) is 0 Å². The molecule has 3 saturated heterocycles. The van der Waals surface area contributed by atoms with E-state index < -0.39 is 33.4 Å². The molecule has 0 radical (unpaired) electrons. The van der Waals surface area contributed by atoms with E-state index in [2.05, 4.69) is 20.1 Å². The van der Waals surface area contributed by atoms with E-state index in [0.29, 0.717) is 19.4 Å². The Hall–Kier alpha value is -3.36. The molecule has 240 valence electrons. The van der Waals surface area contributed by atoms with Crippen molar-refractivity contribution in [2.45, 2.75) is 75.5 Å². The predicted octanol–water partition coefficient (Wildman–Crippen LogP) is 5.93. The number of fused-ring (bicyclic) bond motifs is 1. The summed E-state index contributed by atoms with van der Waals surface area (Å²) in [5, 5.41) is 10.8. The highest BCUT2D eigenvalue weighted by atomic mass is 32.2. The number of carbonyl (C=O) groups excluding carboxylic acids is 3. The molecule has 0 aromatic heterocycles. The molecule has 3 amide bonds. The fraction of sp³-hybridized carbons (Fsp3) is 0.486. The Morgan fingerprint density at radius 1 is 1.07 bits per heavy atom. The van der Waals surface area contributed by atoms with Gasteiger partial charge in [-0.05, 0) is 68.9 Å². The fourth-order valence-corrected chi connectivity index (χ4v) is 10.3. The molecule has 7 atom stereocenters. The molecule has 8 heteroatoms. The maximum atomic E-state index is 15.1. The molecule has 2 aromatic rings. The van der Waals surface area contributed by atoms with Gasteiger partial charge in [-0.3, -0.25) is 14.4 Å². The van der Waals surface area contributed by atoms with Gasteiger partial charge in [-0.15, -0.1) is 24.9 Å². The number of likely N-dealkylation sites (tertiary alicyclic amines) is 1. The quantitative estimate of drug-likeness (QED) is 0.295. The van der Waals surface area contributed by atoms with Gasteiger partial charge in [0.15, 0.2) is 0 Å². The third-order valence-electron chi connectivity index (χ3n) is 10.4. The van der Waals surface area contributed by atoms with Gasteiger partial charge in [0.05, 0.1) is 29.2 Å². The second-order valence-corrected chi connectivity index (χ2v) is 15.1. The van der Waals surface area contributed by atoms with Crippen LogP contribution in [0.15, 0.2) is 73.8 Å². The van der Waals surface area contributed by atoms with Gasteiger partial charge in [-0.25, -0.2) is 0 Å². The average Bonchev–Trinajstić information content (AvgIpc) is 3.60. The zero-order chi connectivity index (χ0) is 32.7. The Bertz CT molecular complexity index is 1480. The zero-order valence-electron chi connectivity index (χ0n) is 27.2. The van der Waals surface area contributed by atoms with Crippen molar-refractivity contribution in [2.75, 3.05) is 29.5 Å². The third-order valence-corrected chi connectivity index (χ3v) is 12.4. The number of aliphatic hydroxyl groups is 1. The summed E-state index contributed by atoms with van der Waals surface area (Å²) in [6.07, 6.45) is 5.51. The van der Waals surface area contributed by atoms with Crippen LogP contribution >= 0.6 is 11.8 Å². The van der Waals surface area contributed by atoms with Crippen molar-refractivity contribution in [3.05, 3.63) is 85.0 Å². The largest absolute Gasteiger partial charge is 0.394 e. The van der Waals surface area contributed by atoms with Crippen LogP contribution in [-0.4, -0.2) is 69.0 Å². The molecule has 3 fully saturated rings. The Morgan fingerprint density at radius 3 is 2.36 bits per heavy atom. The van der Waals surface area contributed by atoms with Crippen LogP contribution in [0.25, 0.3) is 0 Å². The maximum Gasteiger partial charge on any atom is 0.251 e. The van der Waals surface area contributed by atoms with Gasteiger partial charge in [0.25, 0.3) is 5.91 Å². The van der Waals surface area contributed by atoms with Gasteiger partial charge in [-0.2, -0.15) is 0 Å². The third kappa shape index (κ3) is 5.34. The van der Waals surface area contributed by atoms with Gasteiger partial charge in [0.2, 0.25) is 11.8 Å². The highest BCUT2D eigenvalue weighted by Crippen LogP contribution is 2.72. The van der Waals surface area contributed by atoms with Gasteiger partial charge in [0, 0.05) is 29.2 Å². The summed E-state index contributed by atoms with van der Waals surface area (Å²) in [4.78, 5) is 49.9. The number of rotatable bonds is 12. The van der Waals surface area contributed by atoms with Crippen LogP contribution in [-0.2, 0) is 14.4 Å². The summed E-state index contributed by atoms with van der Waals surface area (Å²) in [6.45, 7) is 18.3. The molecule has 1 spiro atoms. The lowest BCUT2D eigenvalue weighted by Crippen LogP contribution is -2.59. The van der Waals surface area contributed by atoms with E-state index in [1.807, 2.05) is 76.2 Å². The van der Waals surface area contributed by atoms with Crippen molar-refractivity contribution in [1.29, 1.82) is 0 Å². The van der Waals surface area contributed by atoms with Crippen LogP contribution in [0.1, 0.15) is 51.2 Å². The maximum absolute atomic E-state index is 15.1. The molecule has 0 saturated carbocycles. The summed E-state index contributed by atoms with van der Waals surface area (Å²) in [5.41, 5.74) is 3.52. The Balaban J connectivity index is 1.67. The minimum Gasteiger partial charge on any atom is -0.394 e. The molecule has 3 aliphatic rings. The number of hydrogen-bond acceptors (Lipinski definition) is 5. The average molecular weight is 630 g/mol. The van der Waals surface area contributed by atoms with Crippen LogP contribution in [0.4, 0.5) is 11.4 Å². The summed E-state index contributed by atoms with van der Waals surface area (Å²) in [5.74, 6) is -1.88. The van der Waals surface area contributed by atoms with Crippen LogP contribution in [0.3, 0.4) is 0 Å². The van der Waals surface area contributed by atoms with Gasteiger partial charge in [-0.1, -0.05) is 62.8 Å². The normalized spacial score (nSPS) is 28.0. The summed E-state index contributed by atoms with van der Waals surface area (Å²) in [6, 6.07) is 14.1. The van der Waals surface area contributed by atoms with Crippen LogP contribution in [0.5, 0.6) is 0 Å². The molecule has 2 bridgehead atoms. The summed E-state index contributed by atoms with van der Waals surface area (Å²) >= 11 is 1.66. The first-order chi connectivity index (χ1) is 21.5. The van der Waals surface area contributed by atoms with E-state index in [0.717, 1.165) is 28.9 Å². The monoisotopic (exact) mass is 629 g/mol. The van der Waals surface area contributed by atoms with Crippen molar-refractivity contribution in [2.24, 2.45) is 17.8 Å². The second-order valence-electron chi connectivity index (χ2n) is 13.2. The molecule has 3 heterocycles. The second kappa shape index (κ2) is 12.8. The molecule has 45 heavy (non-hydrogen) atoms. The molecular weight excluding hydrogens is 582 g/mol. The van der Waals surface area contributed by atoms with Crippen molar-refractivity contribution in [1.82, 2.24) is 4.90 Å². The molecule has 2 aromatic carbocycles. The number of aryl methyl sites for hydroxylation is 2. The molecule has 2 unspecified atom stereocenters. The van der Waals surface area contributed by atoms with Crippen LogP contribution in [0, 0.1) is 31.6 Å². The Morgan fingerprint density at radius 2 is 1.73 bits per heavy atom. The Kier molecular flexibility index (Phi) is 9.39. The van der Waals surface area contributed by atoms with E-state index in [1.54, 1.807) is 38.6 Å². The minimum atomic E-state index is -0.838. The number of hydrogen-bond donors (Lipinski definition) is 1. The molecule has 1 N–H and O–H groups in total. The van der Waals surface area contributed by atoms with Crippen molar-refractivity contribution >= 4 is 40.9 Å². The lowest BCUT2D eigenvalue weighted by molar-refractivity contribution is -0.143. The zero-order valence-corrected chi connectivity index (χ0v) is 28.1. The molecular formula is C37H47N3O4S. The molecule has 7 nitrogen and oxygen atoms in total. The first-order valence-electron chi connectivity index (χ1n) is 16.1. The number of benzene rings is 2. The lowest BCUT2D eigenvalue weighted by Gasteiger charge is -2.41. The van der Waals surface area contributed by atoms with E-state index >= 15 is 4.79 Å². The number of carbonyl (C=O) groups is 3. The van der Waals surface area contributed by atoms with Crippen LogP contribution < -0.4 is 9.80 Å². The van der Waals surface area contributed by atoms with E-state index in [9.17, 15) is 14.7 Å². The lowest BCUT2D eigenvalue weighted by atomic mass is 9.66. The highest BCUT2D eigenvalue weighted by molar-refractivity contribution is 8.02. The number of anilines is 2. The van der Waals surface area contributed by atoms with E-state index in [4.69, 9.17) is 0 Å². The number of nitrogens with zero attached hydrogens (tertiary/aromatic N) is 3. The molecule has 3 aliphatic heterocycles. The predicted molar refractivity (Wildman–Crippen MR) is 183 cm³/mol. The molecule has 5 rings (SSSR count). The highest BCUT2D eigenvalue weighted by Gasteiger charge is 2.78. The molecule has 0 aliphatic carbocycles. The van der Waals surface area contributed by atoms with Gasteiger partial charge < -0.3 is 19.8 Å². The first-order valence-corrected chi connectivity index (χ1v) is 16.9. The fourth-order valence-electron chi connectivity index (χ4n) is 8.01. The van der Waals surface area contributed by atoms with Gasteiger partial charge >= 0.3 is 0 Å². The summed E-state index contributed by atoms with van der Waals surface area (Å²) in [7, 11) is 0. The number of amides is 3. The Labute approximate surface area is 272 Å². The standard InChI is InChI=1S/C37H47N3O4S/c1-8-20-38(27-14-12-11-13-15-27)33(42)30-31-34(43)40(29(23-41)25(5)10-3)32(37(31)19-18-36(30,7)45-37)35(44)39(21-9-2)28-22-24(4)16-17-26(28)6/h8-9,11-17,22,25,29-32,41H,1-2,10,18-21,23H2,3-7H3/t25-,29-,30-,31-,32?,36+,37?/m0/s1. The number of thioether (sulfide) groups is 1. The number of para-hydroxylation sites is 1.